The Balaban J connectivity index is 0.000000534. The van der Waals surface area contributed by atoms with Gasteiger partial charge in [-0.05, 0) is 6.42 Å². The standard InChI is InChI=1S/C12H20O3.C7H16/c1-2-3-4-5-6-7-8-10-9-11(13)15-12(10)14;1-3-5-7-6-4-2/h10H,2-9H2,1H3;3-7H2,1-2H3. The van der Waals surface area contributed by atoms with Crippen molar-refractivity contribution in [2.24, 2.45) is 5.92 Å². The Hall–Kier alpha value is -0.860. The van der Waals surface area contributed by atoms with Crippen LogP contribution in [0.1, 0.15) is 104 Å². The van der Waals surface area contributed by atoms with Crippen LogP contribution in [0.25, 0.3) is 0 Å². The molecule has 1 aliphatic rings. The first-order valence-electron chi connectivity index (χ1n) is 9.40. The largest absolute Gasteiger partial charge is 0.393 e. The molecule has 1 aliphatic heterocycles. The molecule has 1 fully saturated rings. The van der Waals surface area contributed by atoms with E-state index < -0.39 is 0 Å². The van der Waals surface area contributed by atoms with E-state index in [2.05, 4.69) is 25.5 Å². The minimum absolute atomic E-state index is 0.149. The fourth-order valence-corrected chi connectivity index (χ4v) is 2.59. The fraction of sp³-hybridized carbons (Fsp3) is 0.895. The topological polar surface area (TPSA) is 43.4 Å². The molecule has 0 aromatic carbocycles. The predicted molar refractivity (Wildman–Crippen MR) is 91.6 cm³/mol. The summed E-state index contributed by atoms with van der Waals surface area (Å²) in [6.45, 7) is 6.69. The highest BCUT2D eigenvalue weighted by Crippen LogP contribution is 2.22. The van der Waals surface area contributed by atoms with Gasteiger partial charge >= 0.3 is 11.9 Å². The van der Waals surface area contributed by atoms with Gasteiger partial charge in [0.15, 0.2) is 0 Å². The summed E-state index contributed by atoms with van der Waals surface area (Å²) in [5.41, 5.74) is 0. The monoisotopic (exact) mass is 312 g/mol. The first kappa shape index (κ1) is 21.1. The zero-order chi connectivity index (χ0) is 16.6. The van der Waals surface area contributed by atoms with Gasteiger partial charge in [-0.15, -0.1) is 0 Å². The highest BCUT2D eigenvalue weighted by molar-refractivity contribution is 5.94. The van der Waals surface area contributed by atoms with Crippen molar-refractivity contribution in [3.63, 3.8) is 0 Å². The number of unbranched alkanes of at least 4 members (excludes halogenated alkanes) is 9. The van der Waals surface area contributed by atoms with Crippen LogP contribution in [-0.2, 0) is 14.3 Å². The molecular formula is C19H36O3. The summed E-state index contributed by atoms with van der Waals surface area (Å²) >= 11 is 0. The van der Waals surface area contributed by atoms with Crippen molar-refractivity contribution in [1.29, 1.82) is 0 Å². The van der Waals surface area contributed by atoms with E-state index >= 15 is 0 Å². The summed E-state index contributed by atoms with van der Waals surface area (Å²) in [5, 5.41) is 0. The van der Waals surface area contributed by atoms with Crippen LogP contribution in [0.5, 0.6) is 0 Å². The van der Waals surface area contributed by atoms with E-state index in [4.69, 9.17) is 0 Å². The molecule has 0 aliphatic carbocycles. The summed E-state index contributed by atoms with van der Waals surface area (Å²) in [4.78, 5) is 21.9. The number of cyclic esters (lactones) is 2. The molecule has 0 bridgehead atoms. The van der Waals surface area contributed by atoms with Crippen LogP contribution in [0.4, 0.5) is 0 Å². The van der Waals surface area contributed by atoms with Gasteiger partial charge in [-0.25, -0.2) is 0 Å². The van der Waals surface area contributed by atoms with E-state index in [1.165, 1.54) is 57.8 Å². The van der Waals surface area contributed by atoms with Crippen molar-refractivity contribution >= 4 is 11.9 Å². The summed E-state index contributed by atoms with van der Waals surface area (Å²) in [5.74, 6) is -0.812. The molecule has 0 spiro atoms. The van der Waals surface area contributed by atoms with E-state index in [1.54, 1.807) is 0 Å². The van der Waals surface area contributed by atoms with Crippen molar-refractivity contribution in [3.8, 4) is 0 Å². The molecule has 22 heavy (non-hydrogen) atoms. The Kier molecular flexibility index (Phi) is 14.5. The van der Waals surface area contributed by atoms with Crippen LogP contribution in [0.2, 0.25) is 0 Å². The van der Waals surface area contributed by atoms with Gasteiger partial charge in [-0.1, -0.05) is 91.4 Å². The Labute approximate surface area is 137 Å². The maximum atomic E-state index is 11.1. The molecule has 130 valence electrons. The highest BCUT2D eigenvalue weighted by Gasteiger charge is 2.32. The van der Waals surface area contributed by atoms with E-state index in [0.29, 0.717) is 6.42 Å². The third-order valence-electron chi connectivity index (χ3n) is 4.07. The molecule has 0 radical (unpaired) electrons. The third kappa shape index (κ3) is 11.8. The number of carbonyl (C=O) groups excluding carboxylic acids is 2. The number of ether oxygens (including phenoxy) is 1. The molecule has 3 nitrogen and oxygen atoms in total. The zero-order valence-corrected chi connectivity index (χ0v) is 15.0. The lowest BCUT2D eigenvalue weighted by Gasteiger charge is -2.03. The lowest BCUT2D eigenvalue weighted by atomic mass is 9.99. The highest BCUT2D eigenvalue weighted by atomic mass is 16.6. The van der Waals surface area contributed by atoms with E-state index in [-0.39, 0.29) is 17.9 Å². The van der Waals surface area contributed by atoms with Gasteiger partial charge in [0.05, 0.1) is 12.3 Å². The van der Waals surface area contributed by atoms with Crippen LogP contribution in [-0.4, -0.2) is 11.9 Å². The third-order valence-corrected chi connectivity index (χ3v) is 4.07. The quantitative estimate of drug-likeness (QED) is 0.275. The Morgan fingerprint density at radius 1 is 0.773 bits per heavy atom. The Morgan fingerprint density at radius 2 is 1.23 bits per heavy atom. The van der Waals surface area contributed by atoms with Gasteiger partial charge in [0.1, 0.15) is 0 Å². The molecule has 0 N–H and O–H groups in total. The molecule has 0 aromatic heterocycles. The van der Waals surface area contributed by atoms with Gasteiger partial charge in [0, 0.05) is 0 Å². The van der Waals surface area contributed by atoms with Gasteiger partial charge < -0.3 is 4.74 Å². The lowest BCUT2D eigenvalue weighted by molar-refractivity contribution is -0.153. The number of esters is 2. The van der Waals surface area contributed by atoms with Crippen molar-refractivity contribution < 1.29 is 14.3 Å². The molecule has 1 rings (SSSR count). The minimum atomic E-state index is -0.351. The first-order chi connectivity index (χ1) is 10.7. The van der Waals surface area contributed by atoms with Crippen molar-refractivity contribution in [2.45, 2.75) is 104 Å². The van der Waals surface area contributed by atoms with E-state index in [1.807, 2.05) is 0 Å². The van der Waals surface area contributed by atoms with Crippen LogP contribution >= 0.6 is 0 Å². The van der Waals surface area contributed by atoms with Crippen molar-refractivity contribution in [2.75, 3.05) is 0 Å². The molecule has 1 unspecified atom stereocenters. The average molecular weight is 312 g/mol. The van der Waals surface area contributed by atoms with Crippen LogP contribution in [0.3, 0.4) is 0 Å². The second kappa shape index (κ2) is 15.1. The molecule has 1 saturated heterocycles. The fourth-order valence-electron chi connectivity index (χ4n) is 2.59. The summed E-state index contributed by atoms with van der Waals surface area (Å²) in [6.07, 6.45) is 15.4. The first-order valence-corrected chi connectivity index (χ1v) is 9.40. The van der Waals surface area contributed by atoms with Gasteiger partial charge in [0.25, 0.3) is 0 Å². The van der Waals surface area contributed by atoms with E-state index in [0.717, 1.165) is 19.3 Å². The summed E-state index contributed by atoms with van der Waals surface area (Å²) in [7, 11) is 0. The summed E-state index contributed by atoms with van der Waals surface area (Å²) in [6, 6.07) is 0. The smallest absolute Gasteiger partial charge is 0.317 e. The number of rotatable bonds is 11. The Bertz CT molecular complexity index is 282. The van der Waals surface area contributed by atoms with Gasteiger partial charge in [-0.2, -0.15) is 0 Å². The molecule has 0 aromatic rings. The average Bonchev–Trinajstić information content (AvgIpc) is 2.82. The van der Waals surface area contributed by atoms with Gasteiger partial charge in [0.2, 0.25) is 0 Å². The maximum absolute atomic E-state index is 11.1. The van der Waals surface area contributed by atoms with Crippen LogP contribution in [0.15, 0.2) is 0 Å². The Morgan fingerprint density at radius 3 is 1.68 bits per heavy atom. The number of carbonyl (C=O) groups is 2. The molecule has 0 saturated carbocycles. The molecule has 0 amide bonds. The molecule has 1 atom stereocenters. The number of hydrogen-bond acceptors (Lipinski definition) is 3. The second-order valence-electron chi connectivity index (χ2n) is 6.31. The second-order valence-corrected chi connectivity index (χ2v) is 6.31. The summed E-state index contributed by atoms with van der Waals surface area (Å²) < 4.78 is 4.49. The van der Waals surface area contributed by atoms with Crippen molar-refractivity contribution in [1.82, 2.24) is 0 Å². The normalized spacial score (nSPS) is 17.1. The van der Waals surface area contributed by atoms with Crippen molar-refractivity contribution in [3.05, 3.63) is 0 Å². The van der Waals surface area contributed by atoms with Crippen LogP contribution < -0.4 is 0 Å². The predicted octanol–water partition coefficient (Wildman–Crippen LogP) is 5.80. The molecular weight excluding hydrogens is 276 g/mol. The van der Waals surface area contributed by atoms with Crippen LogP contribution in [0, 0.1) is 5.92 Å². The minimum Gasteiger partial charge on any atom is -0.393 e. The zero-order valence-electron chi connectivity index (χ0n) is 15.0. The van der Waals surface area contributed by atoms with Gasteiger partial charge in [-0.3, -0.25) is 9.59 Å². The SMILES string of the molecule is CCCCCCC.CCCCCCCCC1CC(=O)OC1=O. The maximum Gasteiger partial charge on any atom is 0.317 e. The number of hydrogen-bond donors (Lipinski definition) is 0. The lowest BCUT2D eigenvalue weighted by Crippen LogP contribution is -2.06. The molecule has 3 heteroatoms. The van der Waals surface area contributed by atoms with E-state index in [9.17, 15) is 9.59 Å². The molecule has 1 heterocycles.